The Labute approximate surface area is 229 Å². The van der Waals surface area contributed by atoms with E-state index < -0.39 is 11.7 Å². The van der Waals surface area contributed by atoms with Crippen LogP contribution in [0.2, 0.25) is 0 Å². The first-order valence-electron chi connectivity index (χ1n) is 13.2. The topological polar surface area (TPSA) is 142 Å². The Hall–Kier alpha value is -4.80. The summed E-state index contributed by atoms with van der Waals surface area (Å²) < 4.78 is 21.5. The van der Waals surface area contributed by atoms with Crippen LogP contribution in [0.25, 0.3) is 22.3 Å². The maximum absolute atomic E-state index is 14.0. The van der Waals surface area contributed by atoms with Crippen molar-refractivity contribution in [3.63, 3.8) is 0 Å². The molecule has 0 spiro atoms. The van der Waals surface area contributed by atoms with Crippen LogP contribution < -0.4 is 16.2 Å². The van der Waals surface area contributed by atoms with Gasteiger partial charge in [-0.05, 0) is 68.0 Å². The number of nitrogens with two attached hydrogens (primary N) is 2. The second kappa shape index (κ2) is 10.4. The van der Waals surface area contributed by atoms with Gasteiger partial charge in [0.15, 0.2) is 17.2 Å². The van der Waals surface area contributed by atoms with Crippen LogP contribution in [0.15, 0.2) is 66.5 Å². The summed E-state index contributed by atoms with van der Waals surface area (Å²) in [6, 6.07) is 13.1. The SMILES string of the molecule is NC(=O)/C(=C\C1CC1)C(=O)N1CCC[C@H](n2nc(-c3ccc(Oc4ccccc4F)cc3)c3c(N)ncnc32)C1. The van der Waals surface area contributed by atoms with Gasteiger partial charge in [-0.2, -0.15) is 5.10 Å². The van der Waals surface area contributed by atoms with Gasteiger partial charge in [-0.3, -0.25) is 9.59 Å². The first-order valence-corrected chi connectivity index (χ1v) is 13.2. The van der Waals surface area contributed by atoms with Gasteiger partial charge in [-0.15, -0.1) is 0 Å². The average Bonchev–Trinajstić information content (AvgIpc) is 3.70. The standard InChI is InChI=1S/C29H28FN7O3/c30-22-5-1-2-6-23(22)40-20-11-9-18(10-12-20)25-24-26(31)33-16-34-28(24)37(35-25)19-4-3-13-36(15-19)29(39)21(27(32)38)14-17-7-8-17/h1-2,5-6,9-12,14,16-17,19H,3-4,7-8,13,15H2,(H2,32,38)(H2,31,33,34)/b21-14+/t19-/m0/s1. The molecule has 0 unspecified atom stereocenters. The summed E-state index contributed by atoms with van der Waals surface area (Å²) in [5.41, 5.74) is 13.8. The summed E-state index contributed by atoms with van der Waals surface area (Å²) in [5.74, 6) is -0.377. The molecule has 2 aliphatic rings. The van der Waals surface area contributed by atoms with E-state index in [1.807, 2.05) is 12.1 Å². The number of halogens is 1. The molecule has 2 amide bonds. The van der Waals surface area contributed by atoms with Crippen molar-refractivity contribution in [3.05, 3.63) is 72.3 Å². The van der Waals surface area contributed by atoms with Crippen LogP contribution in [-0.4, -0.2) is 49.6 Å². The zero-order chi connectivity index (χ0) is 27.8. The highest BCUT2D eigenvalue weighted by molar-refractivity contribution is 6.17. The molecular formula is C29H28FN7O3. The van der Waals surface area contributed by atoms with Crippen molar-refractivity contribution in [2.75, 3.05) is 18.8 Å². The van der Waals surface area contributed by atoms with Crippen LogP contribution in [-0.2, 0) is 9.59 Å². The number of aromatic nitrogens is 4. The summed E-state index contributed by atoms with van der Waals surface area (Å²) in [4.78, 5) is 35.6. The second-order valence-electron chi connectivity index (χ2n) is 10.1. The molecule has 6 rings (SSSR count). The summed E-state index contributed by atoms with van der Waals surface area (Å²) in [6.07, 6.45) is 6.52. The van der Waals surface area contributed by atoms with Crippen LogP contribution in [0, 0.1) is 11.7 Å². The van der Waals surface area contributed by atoms with Crippen molar-refractivity contribution in [2.24, 2.45) is 11.7 Å². The van der Waals surface area contributed by atoms with Crippen molar-refractivity contribution in [2.45, 2.75) is 31.7 Å². The summed E-state index contributed by atoms with van der Waals surface area (Å²) >= 11 is 0. The fourth-order valence-corrected chi connectivity index (χ4v) is 5.05. The number of hydrogen-bond donors (Lipinski definition) is 2. The third-order valence-corrected chi connectivity index (χ3v) is 7.26. The van der Waals surface area contributed by atoms with Crippen LogP contribution in [0.1, 0.15) is 31.7 Å². The zero-order valence-corrected chi connectivity index (χ0v) is 21.7. The molecule has 4 aromatic rings. The summed E-state index contributed by atoms with van der Waals surface area (Å²) in [6.45, 7) is 0.876. The van der Waals surface area contributed by atoms with Crippen LogP contribution >= 0.6 is 0 Å². The highest BCUT2D eigenvalue weighted by Gasteiger charge is 2.32. The number of piperidine rings is 1. The van der Waals surface area contributed by atoms with E-state index in [4.69, 9.17) is 21.3 Å². The number of fused-ring (bicyclic) bond motifs is 1. The van der Waals surface area contributed by atoms with E-state index in [1.165, 1.54) is 12.4 Å². The molecule has 2 aromatic carbocycles. The van der Waals surface area contributed by atoms with Crippen molar-refractivity contribution in [3.8, 4) is 22.8 Å². The Kier molecular flexibility index (Phi) is 6.63. The fraction of sp³-hybridized carbons (Fsp3) is 0.276. The molecule has 40 heavy (non-hydrogen) atoms. The monoisotopic (exact) mass is 541 g/mol. The number of nitrogen functional groups attached to an aromatic ring is 1. The van der Waals surface area contributed by atoms with Crippen molar-refractivity contribution in [1.29, 1.82) is 0 Å². The lowest BCUT2D eigenvalue weighted by Gasteiger charge is -2.33. The van der Waals surface area contributed by atoms with Gasteiger partial charge in [0, 0.05) is 18.7 Å². The molecule has 1 atom stereocenters. The maximum atomic E-state index is 14.0. The molecule has 2 fully saturated rings. The van der Waals surface area contributed by atoms with Crippen molar-refractivity contribution < 1.29 is 18.7 Å². The normalized spacial score (nSPS) is 17.7. The smallest absolute Gasteiger partial charge is 0.259 e. The number of likely N-dealkylation sites (tertiary alicyclic amines) is 1. The van der Waals surface area contributed by atoms with Gasteiger partial charge in [-0.1, -0.05) is 18.2 Å². The van der Waals surface area contributed by atoms with Gasteiger partial charge in [0.05, 0.1) is 11.4 Å². The first-order chi connectivity index (χ1) is 19.4. The maximum Gasteiger partial charge on any atom is 0.259 e. The minimum atomic E-state index is -0.700. The van der Waals surface area contributed by atoms with Gasteiger partial charge in [0.2, 0.25) is 0 Å². The highest BCUT2D eigenvalue weighted by atomic mass is 19.1. The predicted molar refractivity (Wildman–Crippen MR) is 146 cm³/mol. The van der Waals surface area contributed by atoms with Gasteiger partial charge < -0.3 is 21.1 Å². The Morgan fingerprint density at radius 2 is 1.82 bits per heavy atom. The Bertz CT molecular complexity index is 1630. The third-order valence-electron chi connectivity index (χ3n) is 7.26. The van der Waals surface area contributed by atoms with Gasteiger partial charge in [0.1, 0.15) is 29.2 Å². The minimum absolute atomic E-state index is 0.0541. The lowest BCUT2D eigenvalue weighted by Crippen LogP contribution is -2.43. The summed E-state index contributed by atoms with van der Waals surface area (Å²) in [5, 5.41) is 5.49. The number of para-hydroxylation sites is 1. The number of carbonyl (C=O) groups excluding carboxylic acids is 2. The molecule has 1 aliphatic heterocycles. The Morgan fingerprint density at radius 1 is 1.05 bits per heavy atom. The van der Waals surface area contributed by atoms with Crippen molar-refractivity contribution in [1.82, 2.24) is 24.6 Å². The van der Waals surface area contributed by atoms with Crippen molar-refractivity contribution >= 4 is 28.7 Å². The zero-order valence-electron chi connectivity index (χ0n) is 21.7. The largest absolute Gasteiger partial charge is 0.454 e. The molecule has 1 saturated heterocycles. The molecule has 0 radical (unpaired) electrons. The lowest BCUT2D eigenvalue weighted by molar-refractivity contribution is -0.131. The number of allylic oxidation sites excluding steroid dienone is 1. The van der Waals surface area contributed by atoms with E-state index in [1.54, 1.807) is 46.0 Å². The number of anilines is 1. The molecule has 11 heteroatoms. The second-order valence-corrected chi connectivity index (χ2v) is 10.1. The number of primary amides is 1. The predicted octanol–water partition coefficient (Wildman–Crippen LogP) is 3.99. The number of benzene rings is 2. The Morgan fingerprint density at radius 3 is 2.55 bits per heavy atom. The molecule has 4 N–H and O–H groups in total. The quantitative estimate of drug-likeness (QED) is 0.205. The van der Waals surface area contributed by atoms with E-state index in [2.05, 4.69) is 9.97 Å². The molecular weight excluding hydrogens is 513 g/mol. The first kappa shape index (κ1) is 25.5. The number of amides is 2. The van der Waals surface area contributed by atoms with E-state index in [0.717, 1.165) is 31.2 Å². The van der Waals surface area contributed by atoms with E-state index in [9.17, 15) is 14.0 Å². The van der Waals surface area contributed by atoms with Crippen LogP contribution in [0.4, 0.5) is 10.2 Å². The molecule has 3 heterocycles. The molecule has 204 valence electrons. The molecule has 10 nitrogen and oxygen atoms in total. The van der Waals surface area contributed by atoms with Crippen LogP contribution in [0.5, 0.6) is 11.5 Å². The highest BCUT2D eigenvalue weighted by Crippen LogP contribution is 2.36. The molecule has 1 aliphatic carbocycles. The van der Waals surface area contributed by atoms with Gasteiger partial charge in [0.25, 0.3) is 11.8 Å². The molecule has 1 saturated carbocycles. The van der Waals surface area contributed by atoms with E-state index in [0.29, 0.717) is 35.6 Å². The number of nitrogens with zero attached hydrogens (tertiary/aromatic N) is 5. The lowest BCUT2D eigenvalue weighted by atomic mass is 10.0. The van der Waals surface area contributed by atoms with E-state index in [-0.39, 0.29) is 35.0 Å². The minimum Gasteiger partial charge on any atom is -0.454 e. The number of rotatable bonds is 7. The van der Waals surface area contributed by atoms with Gasteiger partial charge >= 0.3 is 0 Å². The third kappa shape index (κ3) is 4.97. The van der Waals surface area contributed by atoms with E-state index >= 15 is 0 Å². The number of hydrogen-bond acceptors (Lipinski definition) is 7. The Balaban J connectivity index is 1.30. The fourth-order valence-electron chi connectivity index (χ4n) is 5.05. The average molecular weight is 542 g/mol. The summed E-state index contributed by atoms with van der Waals surface area (Å²) in [7, 11) is 0. The number of carbonyl (C=O) groups is 2. The molecule has 2 aromatic heterocycles. The van der Waals surface area contributed by atoms with Crippen LogP contribution in [0.3, 0.4) is 0 Å². The van der Waals surface area contributed by atoms with Gasteiger partial charge in [-0.25, -0.2) is 19.0 Å². The molecule has 0 bridgehead atoms. The number of ether oxygens (including phenoxy) is 1.